The number of methoxy groups -OCH3 is 1. The van der Waals surface area contributed by atoms with Gasteiger partial charge < -0.3 is 4.74 Å². The lowest BCUT2D eigenvalue weighted by Gasteiger charge is -2.31. The Morgan fingerprint density at radius 2 is 1.03 bits per heavy atom. The van der Waals surface area contributed by atoms with Gasteiger partial charge in [-0.05, 0) is 47.1 Å². The van der Waals surface area contributed by atoms with E-state index < -0.39 is 24.5 Å². The minimum absolute atomic E-state index is 0.0419. The van der Waals surface area contributed by atoms with Crippen molar-refractivity contribution in [2.45, 2.75) is 0 Å². The lowest BCUT2D eigenvalue weighted by molar-refractivity contribution is -0.132. The number of halogens is 1. The topological polar surface area (TPSA) is 43.4 Å². The van der Waals surface area contributed by atoms with Gasteiger partial charge in [0.05, 0.1) is 7.11 Å². The fourth-order valence-electron chi connectivity index (χ4n) is 4.01. The normalized spacial score (nSPS) is 11.0. The summed E-state index contributed by atoms with van der Waals surface area (Å²) in [4.78, 5) is 27.4. The molecule has 0 aliphatic carbocycles. The number of ketones is 1. The molecule has 3 nitrogen and oxygen atoms in total. The summed E-state index contributed by atoms with van der Waals surface area (Å²) in [7, 11) is 1.27. The molecule has 0 radical (unpaired) electrons. The standard InChI is InChI=1S/C28H22FO3P/c1-32-28(31)27(26(30)21-17-19-22(29)20-18-21)33(23-11-5-2-6-12-23,24-13-7-3-8-14-24)25-15-9-4-10-16-25/h2-20H,1H3. The summed E-state index contributed by atoms with van der Waals surface area (Å²) < 4.78 is 18.8. The van der Waals surface area contributed by atoms with Crippen LogP contribution in [0.1, 0.15) is 10.4 Å². The predicted molar refractivity (Wildman–Crippen MR) is 133 cm³/mol. The number of Topliss-reactive ketones (excluding diaryl/α,β-unsaturated/α-hetero) is 1. The molecule has 5 heteroatoms. The average molecular weight is 456 g/mol. The minimum Gasteiger partial charge on any atom is -0.465 e. The van der Waals surface area contributed by atoms with Gasteiger partial charge in [-0.3, -0.25) is 4.79 Å². The lowest BCUT2D eigenvalue weighted by atomic mass is 10.1. The largest absolute Gasteiger partial charge is 0.465 e. The maximum absolute atomic E-state index is 14.0. The Kier molecular flexibility index (Phi) is 6.67. The maximum Gasteiger partial charge on any atom is 0.342 e. The quantitative estimate of drug-likeness (QED) is 0.188. The number of carbonyl (C=O) groups excluding carboxylic acids is 2. The zero-order valence-electron chi connectivity index (χ0n) is 18.0. The molecule has 4 rings (SSSR count). The third-order valence-electron chi connectivity index (χ3n) is 5.47. The highest BCUT2D eigenvalue weighted by Crippen LogP contribution is 2.47. The molecule has 0 saturated carbocycles. The second kappa shape index (κ2) is 9.81. The van der Waals surface area contributed by atoms with E-state index in [9.17, 15) is 14.0 Å². The first-order valence-electron chi connectivity index (χ1n) is 10.4. The highest BCUT2D eigenvalue weighted by molar-refractivity contribution is 7.97. The summed E-state index contributed by atoms with van der Waals surface area (Å²) in [6, 6.07) is 33.9. The molecule has 0 aliphatic heterocycles. The van der Waals surface area contributed by atoms with E-state index in [0.717, 1.165) is 15.9 Å². The minimum atomic E-state index is -2.97. The molecule has 0 saturated heterocycles. The highest BCUT2D eigenvalue weighted by atomic mass is 31.2. The zero-order chi connectivity index (χ0) is 23.3. The predicted octanol–water partition coefficient (Wildman–Crippen LogP) is 4.35. The first-order valence-corrected chi connectivity index (χ1v) is 12.2. The van der Waals surface area contributed by atoms with Crippen molar-refractivity contribution in [3.63, 3.8) is 0 Å². The Morgan fingerprint density at radius 3 is 1.39 bits per heavy atom. The van der Waals surface area contributed by atoms with Gasteiger partial charge in [0.2, 0.25) is 5.78 Å². The van der Waals surface area contributed by atoms with E-state index in [1.165, 1.54) is 31.4 Å². The van der Waals surface area contributed by atoms with Crippen molar-refractivity contribution in [2.24, 2.45) is 0 Å². The Morgan fingerprint density at radius 1 is 0.636 bits per heavy atom. The number of esters is 1. The fourth-order valence-corrected chi connectivity index (χ4v) is 8.33. The second-order valence-corrected chi connectivity index (χ2v) is 10.7. The molecule has 164 valence electrons. The Bertz CT molecular complexity index is 1210. The van der Waals surface area contributed by atoms with Gasteiger partial charge in [0.1, 0.15) is 11.1 Å². The van der Waals surface area contributed by atoms with Crippen molar-refractivity contribution in [1.29, 1.82) is 0 Å². The summed E-state index contributed by atoms with van der Waals surface area (Å²) in [6.45, 7) is -2.97. The van der Waals surface area contributed by atoms with E-state index in [0.29, 0.717) is 0 Å². The SMILES string of the molecule is COC(=O)C(C(=O)c1ccc(F)cc1)=P(c1ccccc1)(c1ccccc1)c1ccccc1. The molecule has 0 spiro atoms. The van der Waals surface area contributed by atoms with Crippen molar-refractivity contribution in [2.75, 3.05) is 7.11 Å². The van der Waals surface area contributed by atoms with Crippen LogP contribution in [-0.4, -0.2) is 24.2 Å². The number of hydrogen-bond donors (Lipinski definition) is 0. The summed E-state index contributed by atoms with van der Waals surface area (Å²) in [5.41, 5.74) is 0.226. The molecule has 0 unspecified atom stereocenters. The van der Waals surface area contributed by atoms with Crippen LogP contribution in [0.3, 0.4) is 0 Å². The van der Waals surface area contributed by atoms with Crippen molar-refractivity contribution < 1.29 is 18.7 Å². The van der Waals surface area contributed by atoms with Gasteiger partial charge in [0, 0.05) is 5.56 Å². The smallest absolute Gasteiger partial charge is 0.342 e. The van der Waals surface area contributed by atoms with Crippen molar-refractivity contribution in [3.05, 3.63) is 127 Å². The highest BCUT2D eigenvalue weighted by Gasteiger charge is 2.37. The first-order chi connectivity index (χ1) is 16.1. The summed E-state index contributed by atoms with van der Waals surface area (Å²) in [6.07, 6.45) is 0. The number of carbonyl (C=O) groups is 2. The van der Waals surface area contributed by atoms with Crippen molar-refractivity contribution in [3.8, 4) is 0 Å². The number of hydrogen-bond acceptors (Lipinski definition) is 3. The second-order valence-electron chi connectivity index (χ2n) is 7.35. The van der Waals surface area contributed by atoms with Crippen LogP contribution in [0.4, 0.5) is 4.39 Å². The van der Waals surface area contributed by atoms with E-state index in [1.54, 1.807) is 0 Å². The molecule has 0 bridgehead atoms. The van der Waals surface area contributed by atoms with Crippen LogP contribution in [-0.2, 0) is 9.53 Å². The van der Waals surface area contributed by atoms with Gasteiger partial charge in [-0.1, -0.05) is 91.0 Å². The van der Waals surface area contributed by atoms with Crippen LogP contribution in [0, 0.1) is 5.82 Å². The fraction of sp³-hybridized carbons (Fsp3) is 0.0357. The van der Waals surface area contributed by atoms with Gasteiger partial charge >= 0.3 is 5.97 Å². The van der Waals surface area contributed by atoms with Crippen LogP contribution in [0.15, 0.2) is 115 Å². The Balaban J connectivity index is 2.25. The molecule has 4 aromatic carbocycles. The van der Waals surface area contributed by atoms with Crippen LogP contribution in [0.5, 0.6) is 0 Å². The number of ether oxygens (including phenoxy) is 1. The molecule has 0 N–H and O–H groups in total. The first kappa shape index (κ1) is 22.4. The third kappa shape index (κ3) is 4.18. The van der Waals surface area contributed by atoms with Crippen LogP contribution < -0.4 is 15.9 Å². The summed E-state index contributed by atoms with van der Waals surface area (Å²) in [5, 5.41) is 2.58. The molecule has 0 amide bonds. The van der Waals surface area contributed by atoms with E-state index in [2.05, 4.69) is 0 Å². The van der Waals surface area contributed by atoms with Gasteiger partial charge in [0.15, 0.2) is 0 Å². The van der Waals surface area contributed by atoms with Gasteiger partial charge in [-0.2, -0.15) is 0 Å². The van der Waals surface area contributed by atoms with Crippen molar-refractivity contribution in [1.82, 2.24) is 0 Å². The molecular formula is C28H22FO3P. The van der Waals surface area contributed by atoms with Crippen LogP contribution >= 0.6 is 6.89 Å². The molecule has 4 aromatic rings. The van der Waals surface area contributed by atoms with E-state index >= 15 is 0 Å². The molecule has 0 fully saturated rings. The van der Waals surface area contributed by atoms with Gasteiger partial charge in [-0.25, -0.2) is 9.18 Å². The summed E-state index contributed by atoms with van der Waals surface area (Å²) in [5.74, 6) is -1.64. The number of rotatable bonds is 6. The van der Waals surface area contributed by atoms with E-state index in [-0.39, 0.29) is 10.9 Å². The lowest BCUT2D eigenvalue weighted by Crippen LogP contribution is -2.38. The van der Waals surface area contributed by atoms with E-state index in [1.807, 2.05) is 91.0 Å². The summed E-state index contributed by atoms with van der Waals surface area (Å²) >= 11 is 0. The third-order valence-corrected chi connectivity index (χ3v) is 9.74. The zero-order valence-corrected chi connectivity index (χ0v) is 18.9. The van der Waals surface area contributed by atoms with Crippen LogP contribution in [0.2, 0.25) is 0 Å². The number of benzene rings is 4. The molecule has 0 heterocycles. The molecule has 0 aliphatic rings. The molecule has 0 aromatic heterocycles. The molecule has 0 atom stereocenters. The maximum atomic E-state index is 14.0. The van der Waals surface area contributed by atoms with E-state index in [4.69, 9.17) is 4.74 Å². The van der Waals surface area contributed by atoms with Gasteiger partial charge in [-0.15, -0.1) is 0 Å². The van der Waals surface area contributed by atoms with Crippen molar-refractivity contribution >= 4 is 39.8 Å². The monoisotopic (exact) mass is 456 g/mol. The average Bonchev–Trinajstić information content (AvgIpc) is 2.88. The van der Waals surface area contributed by atoms with Gasteiger partial charge in [0.25, 0.3) is 0 Å². The Hall–Kier alpha value is -3.75. The van der Waals surface area contributed by atoms with Crippen LogP contribution in [0.25, 0.3) is 0 Å². The Labute approximate surface area is 192 Å². The molecular weight excluding hydrogens is 434 g/mol. The molecule has 33 heavy (non-hydrogen) atoms.